The van der Waals surface area contributed by atoms with Crippen molar-refractivity contribution in [1.82, 2.24) is 15.5 Å². The number of nitrogens with zero attached hydrogens (tertiary/aromatic N) is 2. The van der Waals surface area contributed by atoms with Crippen molar-refractivity contribution >= 4 is 0 Å². The lowest BCUT2D eigenvalue weighted by molar-refractivity contribution is 0.0477. The van der Waals surface area contributed by atoms with Gasteiger partial charge in [0.15, 0.2) is 0 Å². The van der Waals surface area contributed by atoms with E-state index in [-0.39, 0.29) is 12.1 Å². The summed E-state index contributed by atoms with van der Waals surface area (Å²) in [6, 6.07) is 0.00361. The lowest BCUT2D eigenvalue weighted by atomic mass is 10.2. The van der Waals surface area contributed by atoms with E-state index in [9.17, 15) is 0 Å². The first-order valence-electron chi connectivity index (χ1n) is 6.61. The molecule has 1 aliphatic heterocycles. The third-order valence-electron chi connectivity index (χ3n) is 2.88. The SMILES string of the molecule is CCCC(OCC)c1noc(C2COCCN2)n1. The van der Waals surface area contributed by atoms with E-state index in [1.807, 2.05) is 6.92 Å². The molecule has 0 radical (unpaired) electrons. The maximum Gasteiger partial charge on any atom is 0.246 e. The van der Waals surface area contributed by atoms with Crippen LogP contribution in [0.4, 0.5) is 0 Å². The van der Waals surface area contributed by atoms with Crippen LogP contribution in [0.15, 0.2) is 4.52 Å². The number of rotatable bonds is 6. The molecule has 1 saturated heterocycles. The number of nitrogens with one attached hydrogen (secondary N) is 1. The highest BCUT2D eigenvalue weighted by molar-refractivity contribution is 4.97. The highest BCUT2D eigenvalue weighted by Gasteiger charge is 2.24. The molecule has 6 heteroatoms. The van der Waals surface area contributed by atoms with Crippen molar-refractivity contribution in [2.24, 2.45) is 0 Å². The van der Waals surface area contributed by atoms with E-state index in [4.69, 9.17) is 14.0 Å². The summed E-state index contributed by atoms with van der Waals surface area (Å²) in [6.07, 6.45) is 1.86. The monoisotopic (exact) mass is 255 g/mol. The second-order valence-electron chi connectivity index (χ2n) is 4.31. The van der Waals surface area contributed by atoms with Gasteiger partial charge in [0.1, 0.15) is 12.1 Å². The van der Waals surface area contributed by atoms with Crippen LogP contribution in [0.2, 0.25) is 0 Å². The van der Waals surface area contributed by atoms with Crippen molar-refractivity contribution < 1.29 is 14.0 Å². The van der Waals surface area contributed by atoms with E-state index in [2.05, 4.69) is 22.4 Å². The van der Waals surface area contributed by atoms with E-state index < -0.39 is 0 Å². The van der Waals surface area contributed by atoms with Crippen LogP contribution in [0, 0.1) is 0 Å². The molecule has 1 fully saturated rings. The van der Waals surface area contributed by atoms with Gasteiger partial charge in [0, 0.05) is 13.2 Å². The third-order valence-corrected chi connectivity index (χ3v) is 2.88. The summed E-state index contributed by atoms with van der Waals surface area (Å²) < 4.78 is 16.3. The third kappa shape index (κ3) is 3.28. The minimum Gasteiger partial charge on any atom is -0.378 e. The van der Waals surface area contributed by atoms with Crippen LogP contribution in [0.5, 0.6) is 0 Å². The van der Waals surface area contributed by atoms with Crippen LogP contribution in [0.3, 0.4) is 0 Å². The first-order valence-corrected chi connectivity index (χ1v) is 6.61. The second kappa shape index (κ2) is 6.82. The second-order valence-corrected chi connectivity index (χ2v) is 4.31. The number of hydrogen-bond acceptors (Lipinski definition) is 6. The van der Waals surface area contributed by atoms with Crippen molar-refractivity contribution in [1.29, 1.82) is 0 Å². The Kier molecular flexibility index (Phi) is 5.10. The molecule has 1 aliphatic rings. The molecule has 2 heterocycles. The molecule has 6 nitrogen and oxygen atoms in total. The zero-order valence-corrected chi connectivity index (χ0v) is 11.0. The highest BCUT2D eigenvalue weighted by Crippen LogP contribution is 2.22. The Morgan fingerprint density at radius 1 is 1.50 bits per heavy atom. The Balaban J connectivity index is 2.02. The Hall–Kier alpha value is -0.980. The normalized spacial score (nSPS) is 22.0. The number of hydrogen-bond donors (Lipinski definition) is 1. The molecule has 2 atom stereocenters. The zero-order chi connectivity index (χ0) is 12.8. The molecule has 1 aromatic rings. The summed E-state index contributed by atoms with van der Waals surface area (Å²) >= 11 is 0. The predicted octanol–water partition coefficient (Wildman–Crippen LogP) is 1.61. The predicted molar refractivity (Wildman–Crippen MR) is 65.1 cm³/mol. The van der Waals surface area contributed by atoms with E-state index >= 15 is 0 Å². The minimum atomic E-state index is -0.0676. The van der Waals surface area contributed by atoms with Crippen molar-refractivity contribution in [3.8, 4) is 0 Å². The number of aromatic nitrogens is 2. The molecule has 1 aromatic heterocycles. The van der Waals surface area contributed by atoms with Gasteiger partial charge in [-0.1, -0.05) is 18.5 Å². The lowest BCUT2D eigenvalue weighted by Crippen LogP contribution is -2.34. The maximum absolute atomic E-state index is 5.63. The fourth-order valence-corrected chi connectivity index (χ4v) is 1.99. The molecule has 1 N–H and O–H groups in total. The molecular weight excluding hydrogens is 234 g/mol. The molecule has 2 unspecified atom stereocenters. The van der Waals surface area contributed by atoms with Crippen molar-refractivity contribution in [3.05, 3.63) is 11.7 Å². The van der Waals surface area contributed by atoms with Gasteiger partial charge in [-0.15, -0.1) is 0 Å². The summed E-state index contributed by atoms with van der Waals surface area (Å²) in [4.78, 5) is 4.43. The average Bonchev–Trinajstić information content (AvgIpc) is 2.89. The van der Waals surface area contributed by atoms with E-state index in [0.717, 1.165) is 26.0 Å². The molecule has 18 heavy (non-hydrogen) atoms. The lowest BCUT2D eigenvalue weighted by Gasteiger charge is -2.20. The smallest absolute Gasteiger partial charge is 0.246 e. The van der Waals surface area contributed by atoms with E-state index in [0.29, 0.717) is 24.9 Å². The van der Waals surface area contributed by atoms with Crippen molar-refractivity contribution in [3.63, 3.8) is 0 Å². The summed E-state index contributed by atoms with van der Waals surface area (Å²) in [5, 5.41) is 7.31. The van der Waals surface area contributed by atoms with Crippen LogP contribution in [0.25, 0.3) is 0 Å². The number of morpholine rings is 1. The summed E-state index contributed by atoms with van der Waals surface area (Å²) in [6.45, 7) is 6.86. The molecule has 0 spiro atoms. The van der Waals surface area contributed by atoms with Crippen molar-refractivity contribution in [2.75, 3.05) is 26.4 Å². The molecule has 0 amide bonds. The van der Waals surface area contributed by atoms with Crippen LogP contribution >= 0.6 is 0 Å². The first-order chi connectivity index (χ1) is 8.85. The topological polar surface area (TPSA) is 69.4 Å². The largest absolute Gasteiger partial charge is 0.378 e. The Bertz CT molecular complexity index is 344. The van der Waals surface area contributed by atoms with Gasteiger partial charge < -0.3 is 19.3 Å². The Morgan fingerprint density at radius 3 is 3.06 bits per heavy atom. The van der Waals surface area contributed by atoms with Gasteiger partial charge in [0.25, 0.3) is 0 Å². The summed E-state index contributed by atoms with van der Waals surface area (Å²) in [5.74, 6) is 1.23. The molecular formula is C12H21N3O3. The van der Waals surface area contributed by atoms with Gasteiger partial charge >= 0.3 is 0 Å². The molecule has 0 saturated carbocycles. The molecule has 102 valence electrons. The Morgan fingerprint density at radius 2 is 2.39 bits per heavy atom. The molecule has 0 aromatic carbocycles. The van der Waals surface area contributed by atoms with Gasteiger partial charge in [-0.2, -0.15) is 4.98 Å². The molecule has 0 bridgehead atoms. The average molecular weight is 255 g/mol. The fourth-order valence-electron chi connectivity index (χ4n) is 1.99. The van der Waals surface area contributed by atoms with Crippen LogP contribution in [-0.4, -0.2) is 36.5 Å². The van der Waals surface area contributed by atoms with Gasteiger partial charge in [-0.05, 0) is 13.3 Å². The molecule has 0 aliphatic carbocycles. The first kappa shape index (κ1) is 13.5. The highest BCUT2D eigenvalue weighted by atomic mass is 16.5. The van der Waals surface area contributed by atoms with Gasteiger partial charge in [-0.25, -0.2) is 0 Å². The maximum atomic E-state index is 5.63. The fraction of sp³-hybridized carbons (Fsp3) is 0.833. The van der Waals surface area contributed by atoms with Crippen molar-refractivity contribution in [2.45, 2.75) is 38.8 Å². The van der Waals surface area contributed by atoms with Crippen LogP contribution < -0.4 is 5.32 Å². The van der Waals surface area contributed by atoms with E-state index in [1.165, 1.54) is 0 Å². The standard InChI is InChI=1S/C12H21N3O3/c1-3-5-10(17-4-2)11-14-12(18-15-11)9-8-16-7-6-13-9/h9-10,13H,3-8H2,1-2H3. The minimum absolute atomic E-state index is 0.00361. The summed E-state index contributed by atoms with van der Waals surface area (Å²) in [7, 11) is 0. The van der Waals surface area contributed by atoms with Gasteiger partial charge in [0.05, 0.1) is 13.2 Å². The van der Waals surface area contributed by atoms with E-state index in [1.54, 1.807) is 0 Å². The zero-order valence-electron chi connectivity index (χ0n) is 11.0. The summed E-state index contributed by atoms with van der Waals surface area (Å²) in [5.41, 5.74) is 0. The van der Waals surface area contributed by atoms with Crippen LogP contribution in [-0.2, 0) is 9.47 Å². The molecule has 2 rings (SSSR count). The van der Waals surface area contributed by atoms with Crippen LogP contribution in [0.1, 0.15) is 50.6 Å². The van der Waals surface area contributed by atoms with Gasteiger partial charge in [-0.3, -0.25) is 0 Å². The quantitative estimate of drug-likeness (QED) is 0.832. The Labute approximate surface area is 107 Å². The van der Waals surface area contributed by atoms with Gasteiger partial charge in [0.2, 0.25) is 11.7 Å². The number of ether oxygens (including phenoxy) is 2.